The number of H-pyrrole nitrogens is 2. The molecule has 7 heteroatoms. The Morgan fingerprint density at radius 2 is 2.07 bits per heavy atom. The number of hydrogen-bond acceptors (Lipinski definition) is 3. The Bertz CT molecular complexity index is 1040. The van der Waals surface area contributed by atoms with Crippen LogP contribution in [-0.2, 0) is 26.1 Å². The van der Waals surface area contributed by atoms with Crippen molar-refractivity contribution in [1.29, 1.82) is 0 Å². The lowest BCUT2D eigenvalue weighted by molar-refractivity contribution is 0.206. The van der Waals surface area contributed by atoms with Crippen LogP contribution in [0, 0.1) is 0 Å². The van der Waals surface area contributed by atoms with E-state index in [1.54, 1.807) is 11.9 Å². The standard InChI is InChI=1S/C21H25N5O2/c1-25-8-7-19-16(12-25)9-15(20(27)24-19)11-22-21(28)26(2)13-17-10-14-5-3-4-6-18(14)23-17/h3-6,9-10,23H,7-8,11-13H2,1-2H3,(H,22,28)(H,24,27). The lowest BCUT2D eigenvalue weighted by atomic mass is 10.0. The van der Waals surface area contributed by atoms with Gasteiger partial charge in [0, 0.05) is 55.6 Å². The highest BCUT2D eigenvalue weighted by atomic mass is 16.2. The summed E-state index contributed by atoms with van der Waals surface area (Å²) in [5.74, 6) is 0. The molecular weight excluding hydrogens is 354 g/mol. The molecule has 3 N–H and O–H groups in total. The Morgan fingerprint density at radius 1 is 1.25 bits per heavy atom. The molecule has 146 valence electrons. The number of aromatic nitrogens is 2. The maximum atomic E-state index is 12.5. The molecule has 0 spiro atoms. The van der Waals surface area contributed by atoms with Gasteiger partial charge < -0.3 is 25.1 Å². The molecule has 0 unspecified atom stereocenters. The molecule has 3 aromatic rings. The maximum Gasteiger partial charge on any atom is 0.317 e. The number of pyridine rings is 1. The molecular formula is C21H25N5O2. The van der Waals surface area contributed by atoms with Crippen molar-refractivity contribution in [3.8, 4) is 0 Å². The summed E-state index contributed by atoms with van der Waals surface area (Å²) in [5.41, 5.74) is 4.62. The highest BCUT2D eigenvalue weighted by Gasteiger charge is 2.17. The first-order valence-electron chi connectivity index (χ1n) is 9.47. The van der Waals surface area contributed by atoms with Crippen LogP contribution in [0.15, 0.2) is 41.2 Å². The molecule has 1 aliphatic rings. The van der Waals surface area contributed by atoms with Crippen molar-refractivity contribution in [1.82, 2.24) is 25.1 Å². The van der Waals surface area contributed by atoms with Gasteiger partial charge in [0.1, 0.15) is 0 Å². The Kier molecular flexibility index (Phi) is 4.92. The molecule has 1 aliphatic heterocycles. The summed E-state index contributed by atoms with van der Waals surface area (Å²) in [6.45, 7) is 2.43. The van der Waals surface area contributed by atoms with Crippen molar-refractivity contribution in [2.75, 3.05) is 20.6 Å². The zero-order valence-electron chi connectivity index (χ0n) is 16.2. The fourth-order valence-corrected chi connectivity index (χ4v) is 3.68. The number of carbonyl (C=O) groups is 1. The smallest absolute Gasteiger partial charge is 0.317 e. The third kappa shape index (κ3) is 3.80. The normalized spacial score (nSPS) is 14.1. The van der Waals surface area contributed by atoms with Gasteiger partial charge in [-0.15, -0.1) is 0 Å². The molecule has 0 atom stereocenters. The first kappa shape index (κ1) is 18.3. The number of carbonyl (C=O) groups excluding carboxylic acids is 1. The maximum absolute atomic E-state index is 12.5. The van der Waals surface area contributed by atoms with Crippen LogP contribution in [0.1, 0.15) is 22.5 Å². The van der Waals surface area contributed by atoms with E-state index in [0.717, 1.165) is 47.4 Å². The summed E-state index contributed by atoms with van der Waals surface area (Å²) < 4.78 is 0. The highest BCUT2D eigenvalue weighted by molar-refractivity contribution is 5.80. The first-order chi connectivity index (χ1) is 13.5. The van der Waals surface area contributed by atoms with E-state index < -0.39 is 0 Å². The van der Waals surface area contributed by atoms with Crippen LogP contribution >= 0.6 is 0 Å². The van der Waals surface area contributed by atoms with Crippen LogP contribution in [0.3, 0.4) is 0 Å². The predicted molar refractivity (Wildman–Crippen MR) is 109 cm³/mol. The van der Waals surface area contributed by atoms with E-state index in [1.807, 2.05) is 36.4 Å². The van der Waals surface area contributed by atoms with Gasteiger partial charge in [0.15, 0.2) is 0 Å². The Hall–Kier alpha value is -3.06. The van der Waals surface area contributed by atoms with Gasteiger partial charge in [-0.25, -0.2) is 4.79 Å². The average Bonchev–Trinajstić information content (AvgIpc) is 3.08. The molecule has 2 amide bonds. The van der Waals surface area contributed by atoms with E-state index >= 15 is 0 Å². The number of benzene rings is 1. The van der Waals surface area contributed by atoms with Crippen molar-refractivity contribution in [2.24, 2.45) is 0 Å². The van der Waals surface area contributed by atoms with Crippen LogP contribution in [0.2, 0.25) is 0 Å². The third-order valence-corrected chi connectivity index (χ3v) is 5.25. The minimum Gasteiger partial charge on any atom is -0.357 e. The quantitative estimate of drug-likeness (QED) is 0.650. The summed E-state index contributed by atoms with van der Waals surface area (Å²) in [6, 6.07) is 11.8. The van der Waals surface area contributed by atoms with Gasteiger partial charge >= 0.3 is 6.03 Å². The number of nitrogens with zero attached hydrogens (tertiary/aromatic N) is 2. The number of amides is 2. The molecule has 0 bridgehead atoms. The van der Waals surface area contributed by atoms with Crippen LogP contribution in [0.4, 0.5) is 4.79 Å². The van der Waals surface area contributed by atoms with Gasteiger partial charge in [0.2, 0.25) is 0 Å². The molecule has 7 nitrogen and oxygen atoms in total. The van der Waals surface area contributed by atoms with E-state index in [2.05, 4.69) is 27.2 Å². The number of rotatable bonds is 4. The van der Waals surface area contributed by atoms with Gasteiger partial charge in [0.25, 0.3) is 5.56 Å². The third-order valence-electron chi connectivity index (χ3n) is 5.25. The second-order valence-corrected chi connectivity index (χ2v) is 7.51. The number of urea groups is 1. The lowest BCUT2D eigenvalue weighted by Gasteiger charge is -2.25. The minimum absolute atomic E-state index is 0.123. The molecule has 0 radical (unpaired) electrons. The predicted octanol–water partition coefficient (Wildman–Crippen LogP) is 2.19. The number of nitrogens with one attached hydrogen (secondary N) is 3. The van der Waals surface area contributed by atoms with Crippen molar-refractivity contribution >= 4 is 16.9 Å². The van der Waals surface area contributed by atoms with Crippen LogP contribution in [0.5, 0.6) is 0 Å². The molecule has 28 heavy (non-hydrogen) atoms. The molecule has 0 saturated heterocycles. The van der Waals surface area contributed by atoms with Crippen LogP contribution in [-0.4, -0.2) is 46.4 Å². The fourth-order valence-electron chi connectivity index (χ4n) is 3.68. The minimum atomic E-state index is -0.215. The molecule has 4 rings (SSSR count). The van der Waals surface area contributed by atoms with Gasteiger partial charge in [0.05, 0.1) is 6.54 Å². The Morgan fingerprint density at radius 3 is 2.89 bits per heavy atom. The fraction of sp³-hybridized carbons (Fsp3) is 0.333. The molecule has 3 heterocycles. The number of likely N-dealkylation sites (N-methyl/N-ethyl adjacent to an activating group) is 1. The zero-order chi connectivity index (χ0) is 19.7. The van der Waals surface area contributed by atoms with Crippen LogP contribution < -0.4 is 10.9 Å². The number of fused-ring (bicyclic) bond motifs is 2. The van der Waals surface area contributed by atoms with Crippen LogP contribution in [0.25, 0.3) is 10.9 Å². The largest absolute Gasteiger partial charge is 0.357 e. The number of para-hydroxylation sites is 1. The summed E-state index contributed by atoms with van der Waals surface area (Å²) in [4.78, 5) is 34.9. The van der Waals surface area contributed by atoms with Gasteiger partial charge in [-0.2, -0.15) is 0 Å². The summed E-state index contributed by atoms with van der Waals surface area (Å²) in [6.07, 6.45) is 0.848. The second kappa shape index (κ2) is 7.52. The van der Waals surface area contributed by atoms with Crippen molar-refractivity contribution < 1.29 is 4.79 Å². The summed E-state index contributed by atoms with van der Waals surface area (Å²) in [5, 5.41) is 3.97. The molecule has 0 aliphatic carbocycles. The Labute approximate surface area is 163 Å². The molecule has 1 aromatic carbocycles. The summed E-state index contributed by atoms with van der Waals surface area (Å²) >= 11 is 0. The van der Waals surface area contributed by atoms with Gasteiger partial charge in [-0.1, -0.05) is 18.2 Å². The zero-order valence-corrected chi connectivity index (χ0v) is 16.2. The second-order valence-electron chi connectivity index (χ2n) is 7.51. The van der Waals surface area contributed by atoms with E-state index in [4.69, 9.17) is 0 Å². The monoisotopic (exact) mass is 379 g/mol. The van der Waals surface area contributed by atoms with E-state index in [1.165, 1.54) is 0 Å². The number of aromatic amines is 2. The van der Waals surface area contributed by atoms with E-state index in [-0.39, 0.29) is 18.1 Å². The number of hydrogen-bond donors (Lipinski definition) is 3. The molecule has 2 aromatic heterocycles. The summed E-state index contributed by atoms with van der Waals surface area (Å²) in [7, 11) is 3.81. The van der Waals surface area contributed by atoms with Crippen molar-refractivity contribution in [3.63, 3.8) is 0 Å². The SMILES string of the molecule is CN1CCc2[nH]c(=O)c(CNC(=O)N(C)Cc3cc4ccccc4[nH]3)cc2C1. The van der Waals surface area contributed by atoms with Crippen molar-refractivity contribution in [3.05, 3.63) is 69.3 Å². The molecule has 0 saturated carbocycles. The average molecular weight is 379 g/mol. The van der Waals surface area contributed by atoms with E-state index in [9.17, 15) is 9.59 Å². The molecule has 0 fully saturated rings. The van der Waals surface area contributed by atoms with Gasteiger partial charge in [-0.3, -0.25) is 4.79 Å². The first-order valence-corrected chi connectivity index (χ1v) is 9.47. The highest BCUT2D eigenvalue weighted by Crippen LogP contribution is 2.16. The van der Waals surface area contributed by atoms with E-state index in [0.29, 0.717) is 12.1 Å². The Balaban J connectivity index is 1.39. The van der Waals surface area contributed by atoms with Gasteiger partial charge in [-0.05, 0) is 36.2 Å². The lowest BCUT2D eigenvalue weighted by Crippen LogP contribution is -2.38. The van der Waals surface area contributed by atoms with Crippen molar-refractivity contribution in [2.45, 2.75) is 26.1 Å². The topological polar surface area (TPSA) is 84.2 Å².